The number of carboxylic acids is 1. The molecule has 0 radical (unpaired) electrons. The Hall–Kier alpha value is -1.34. The summed E-state index contributed by atoms with van der Waals surface area (Å²) in [6.07, 6.45) is 1.26. The number of aliphatic hydroxyl groups excluding tert-OH is 1. The third kappa shape index (κ3) is 4.15. The lowest BCUT2D eigenvalue weighted by Crippen LogP contribution is -2.54. The summed E-state index contributed by atoms with van der Waals surface area (Å²) in [5.41, 5.74) is -0.925. The van der Waals surface area contributed by atoms with Gasteiger partial charge >= 0.3 is 12.0 Å². The number of carbonyl (C=O) groups excluding carboxylic acids is 1. The first-order valence-electron chi connectivity index (χ1n) is 5.97. The molecule has 0 aromatic rings. The monoisotopic (exact) mass is 260 g/mol. The van der Waals surface area contributed by atoms with Crippen LogP contribution < -0.4 is 5.32 Å². The van der Waals surface area contributed by atoms with E-state index in [0.29, 0.717) is 19.4 Å². The van der Waals surface area contributed by atoms with Crippen molar-refractivity contribution in [1.82, 2.24) is 10.2 Å². The second-order valence-electron chi connectivity index (χ2n) is 4.87. The summed E-state index contributed by atoms with van der Waals surface area (Å²) in [6.45, 7) is 2.02. The van der Waals surface area contributed by atoms with Crippen LogP contribution in [0.25, 0.3) is 0 Å². The summed E-state index contributed by atoms with van der Waals surface area (Å²) in [6, 6.07) is -1.62. The molecule has 7 nitrogen and oxygen atoms in total. The Balaban J connectivity index is 2.55. The molecule has 2 amide bonds. The van der Waals surface area contributed by atoms with Crippen LogP contribution >= 0.6 is 0 Å². The molecule has 7 heteroatoms. The van der Waals surface area contributed by atoms with E-state index in [1.165, 1.54) is 4.90 Å². The van der Waals surface area contributed by atoms with Crippen molar-refractivity contribution in [1.29, 1.82) is 0 Å². The molecule has 1 aliphatic rings. The SMILES string of the molecule is CC1(O)CCCN(C(=O)N[C@H](CCO)C(=O)O)C1. The van der Waals surface area contributed by atoms with Gasteiger partial charge in [0, 0.05) is 19.6 Å². The van der Waals surface area contributed by atoms with Crippen LogP contribution in [0.4, 0.5) is 4.79 Å². The highest BCUT2D eigenvalue weighted by Gasteiger charge is 2.32. The first-order chi connectivity index (χ1) is 8.35. The largest absolute Gasteiger partial charge is 0.480 e. The van der Waals surface area contributed by atoms with Crippen molar-refractivity contribution in [2.75, 3.05) is 19.7 Å². The second kappa shape index (κ2) is 6.01. The van der Waals surface area contributed by atoms with Crippen LogP contribution in [0.15, 0.2) is 0 Å². The highest BCUT2D eigenvalue weighted by Crippen LogP contribution is 2.20. The summed E-state index contributed by atoms with van der Waals surface area (Å²) >= 11 is 0. The number of aliphatic hydroxyl groups is 2. The Morgan fingerprint density at radius 3 is 2.67 bits per heavy atom. The minimum absolute atomic E-state index is 0.0364. The number of amides is 2. The van der Waals surface area contributed by atoms with E-state index in [1.54, 1.807) is 6.92 Å². The predicted octanol–water partition coefficient (Wildman–Crippen LogP) is -0.622. The molecule has 18 heavy (non-hydrogen) atoms. The van der Waals surface area contributed by atoms with Crippen molar-refractivity contribution in [3.05, 3.63) is 0 Å². The second-order valence-corrected chi connectivity index (χ2v) is 4.87. The maximum Gasteiger partial charge on any atom is 0.326 e. The van der Waals surface area contributed by atoms with Crippen molar-refractivity contribution in [2.24, 2.45) is 0 Å². The molecular weight excluding hydrogens is 240 g/mol. The van der Waals surface area contributed by atoms with Gasteiger partial charge in [0.2, 0.25) is 0 Å². The van der Waals surface area contributed by atoms with Gasteiger partial charge in [0.25, 0.3) is 0 Å². The molecule has 1 aliphatic heterocycles. The summed E-state index contributed by atoms with van der Waals surface area (Å²) in [7, 11) is 0. The number of nitrogens with one attached hydrogen (secondary N) is 1. The Kier molecular flexibility index (Phi) is 4.92. The average molecular weight is 260 g/mol. The van der Waals surface area contributed by atoms with Gasteiger partial charge in [-0.15, -0.1) is 0 Å². The summed E-state index contributed by atoms with van der Waals surface area (Å²) in [5.74, 6) is -1.18. The number of nitrogens with zero attached hydrogens (tertiary/aromatic N) is 1. The Labute approximate surface area is 105 Å². The molecule has 1 saturated heterocycles. The van der Waals surface area contributed by atoms with Gasteiger partial charge in [-0.2, -0.15) is 0 Å². The molecule has 1 unspecified atom stereocenters. The van der Waals surface area contributed by atoms with Gasteiger partial charge in [0.1, 0.15) is 6.04 Å². The fourth-order valence-electron chi connectivity index (χ4n) is 2.02. The topological polar surface area (TPSA) is 110 Å². The molecule has 0 bridgehead atoms. The van der Waals surface area contributed by atoms with Crippen LogP contribution in [0, 0.1) is 0 Å². The smallest absolute Gasteiger partial charge is 0.326 e. The molecule has 1 heterocycles. The number of piperidine rings is 1. The maximum absolute atomic E-state index is 11.8. The van der Waals surface area contributed by atoms with E-state index in [2.05, 4.69) is 5.32 Å². The zero-order valence-electron chi connectivity index (χ0n) is 10.4. The number of aliphatic carboxylic acids is 1. The number of β-amino-alcohol motifs (C(OH)–C–C–N with tert-alkyl or cyclic N) is 1. The highest BCUT2D eigenvalue weighted by atomic mass is 16.4. The average Bonchev–Trinajstić information content (AvgIpc) is 2.26. The van der Waals surface area contributed by atoms with Gasteiger partial charge in [-0.25, -0.2) is 9.59 Å². The van der Waals surface area contributed by atoms with E-state index in [4.69, 9.17) is 10.2 Å². The van der Waals surface area contributed by atoms with Crippen LogP contribution in [0.2, 0.25) is 0 Å². The molecule has 4 N–H and O–H groups in total. The molecule has 0 aromatic carbocycles. The van der Waals surface area contributed by atoms with Gasteiger partial charge in [-0.3, -0.25) is 0 Å². The molecule has 0 saturated carbocycles. The molecule has 104 valence electrons. The summed E-state index contributed by atoms with van der Waals surface area (Å²) in [4.78, 5) is 24.1. The number of carboxylic acid groups (broad SMARTS) is 1. The van der Waals surface area contributed by atoms with E-state index >= 15 is 0 Å². The van der Waals surface area contributed by atoms with Crippen LogP contribution in [0.3, 0.4) is 0 Å². The standard InChI is InChI=1S/C11H20N2O5/c1-11(18)4-2-5-13(7-11)10(17)12-8(3-6-14)9(15)16/h8,14,18H,2-7H2,1H3,(H,12,17)(H,15,16)/t8-,11?/m1/s1. The number of hydrogen-bond donors (Lipinski definition) is 4. The van der Waals surface area contributed by atoms with E-state index in [1.807, 2.05) is 0 Å². The molecular formula is C11H20N2O5. The van der Waals surface area contributed by atoms with E-state index in [9.17, 15) is 14.7 Å². The zero-order valence-corrected chi connectivity index (χ0v) is 10.4. The number of likely N-dealkylation sites (tertiary alicyclic amines) is 1. The number of hydrogen-bond acceptors (Lipinski definition) is 4. The zero-order chi connectivity index (χ0) is 13.8. The van der Waals surface area contributed by atoms with Crippen molar-refractivity contribution in [2.45, 2.75) is 37.8 Å². The molecule has 2 atom stereocenters. The minimum atomic E-state index is -1.18. The normalized spacial score (nSPS) is 25.6. The van der Waals surface area contributed by atoms with E-state index < -0.39 is 23.6 Å². The fourth-order valence-corrected chi connectivity index (χ4v) is 2.02. The number of rotatable bonds is 4. The van der Waals surface area contributed by atoms with Crippen molar-refractivity contribution >= 4 is 12.0 Å². The maximum atomic E-state index is 11.8. The van der Waals surface area contributed by atoms with Gasteiger partial charge in [-0.05, 0) is 19.8 Å². The number of urea groups is 1. The van der Waals surface area contributed by atoms with Gasteiger partial charge < -0.3 is 25.5 Å². The lowest BCUT2D eigenvalue weighted by molar-refractivity contribution is -0.139. The Morgan fingerprint density at radius 2 is 2.17 bits per heavy atom. The van der Waals surface area contributed by atoms with Crippen LogP contribution in [-0.4, -0.2) is 63.6 Å². The molecule has 1 fully saturated rings. The van der Waals surface area contributed by atoms with Crippen LogP contribution in [0.5, 0.6) is 0 Å². The van der Waals surface area contributed by atoms with E-state index in [0.717, 1.165) is 0 Å². The fraction of sp³-hybridized carbons (Fsp3) is 0.818. The third-order valence-corrected chi connectivity index (χ3v) is 2.98. The lowest BCUT2D eigenvalue weighted by atomic mass is 9.95. The van der Waals surface area contributed by atoms with E-state index in [-0.39, 0.29) is 19.6 Å². The summed E-state index contributed by atoms with van der Waals surface area (Å²) < 4.78 is 0. The first-order valence-corrected chi connectivity index (χ1v) is 5.97. The predicted molar refractivity (Wildman–Crippen MR) is 63.1 cm³/mol. The van der Waals surface area contributed by atoms with Crippen molar-refractivity contribution in [3.8, 4) is 0 Å². The Bertz CT molecular complexity index is 319. The molecule has 0 aliphatic carbocycles. The minimum Gasteiger partial charge on any atom is -0.480 e. The Morgan fingerprint density at radius 1 is 1.50 bits per heavy atom. The van der Waals surface area contributed by atoms with Crippen LogP contribution in [-0.2, 0) is 4.79 Å². The highest BCUT2D eigenvalue weighted by molar-refractivity contribution is 5.82. The molecule has 0 aromatic heterocycles. The van der Waals surface area contributed by atoms with Crippen LogP contribution in [0.1, 0.15) is 26.2 Å². The first kappa shape index (κ1) is 14.7. The lowest BCUT2D eigenvalue weighted by Gasteiger charge is -2.37. The summed E-state index contributed by atoms with van der Waals surface area (Å²) in [5, 5.41) is 29.8. The molecule has 0 spiro atoms. The van der Waals surface area contributed by atoms with Gasteiger partial charge in [0.15, 0.2) is 0 Å². The molecule has 1 rings (SSSR count). The quantitative estimate of drug-likeness (QED) is 0.538. The van der Waals surface area contributed by atoms with Crippen molar-refractivity contribution < 1.29 is 24.9 Å². The number of carbonyl (C=O) groups is 2. The third-order valence-electron chi connectivity index (χ3n) is 2.98. The van der Waals surface area contributed by atoms with Crippen molar-refractivity contribution in [3.63, 3.8) is 0 Å². The van der Waals surface area contributed by atoms with Gasteiger partial charge in [-0.1, -0.05) is 0 Å². The van der Waals surface area contributed by atoms with Gasteiger partial charge in [0.05, 0.1) is 12.1 Å².